The minimum Gasteiger partial charge on any atom is -0.354 e. The predicted molar refractivity (Wildman–Crippen MR) is 149 cm³/mol. The van der Waals surface area contributed by atoms with Gasteiger partial charge in [0.1, 0.15) is 6.33 Å². The number of benzene rings is 1. The van der Waals surface area contributed by atoms with Crippen LogP contribution in [0.1, 0.15) is 60.8 Å². The number of piperidine rings is 1. The third-order valence-corrected chi connectivity index (χ3v) is 7.92. The maximum absolute atomic E-state index is 12.6. The summed E-state index contributed by atoms with van der Waals surface area (Å²) in [6.07, 6.45) is 5.69. The van der Waals surface area contributed by atoms with E-state index >= 15 is 0 Å². The van der Waals surface area contributed by atoms with Gasteiger partial charge in [0.05, 0.1) is 5.69 Å². The highest BCUT2D eigenvalue weighted by molar-refractivity contribution is 5.92. The van der Waals surface area contributed by atoms with Crippen LogP contribution in [0.3, 0.4) is 0 Å². The van der Waals surface area contributed by atoms with E-state index in [0.29, 0.717) is 18.4 Å². The second-order valence-electron chi connectivity index (χ2n) is 11.0. The molecule has 0 aliphatic carbocycles. The Kier molecular flexibility index (Phi) is 6.94. The average Bonchev–Trinajstić information content (AvgIpc) is 3.50. The minimum atomic E-state index is 0.0585. The van der Waals surface area contributed by atoms with Gasteiger partial charge in [0.2, 0.25) is 0 Å². The molecule has 8 nitrogen and oxygen atoms in total. The zero-order chi connectivity index (χ0) is 26.3. The molecule has 37 heavy (non-hydrogen) atoms. The molecule has 0 saturated carbocycles. The third kappa shape index (κ3) is 4.82. The first-order valence-corrected chi connectivity index (χ1v) is 13.4. The number of urea groups is 1. The quantitative estimate of drug-likeness (QED) is 0.387. The number of fused-ring (bicyclic) bond motifs is 2. The number of carbonyl (C=O) groups is 1. The van der Waals surface area contributed by atoms with Crippen molar-refractivity contribution in [3.8, 4) is 11.3 Å². The lowest BCUT2D eigenvalue weighted by molar-refractivity contribution is 0.180. The Morgan fingerprint density at radius 3 is 2.65 bits per heavy atom. The van der Waals surface area contributed by atoms with E-state index in [9.17, 15) is 4.79 Å². The maximum Gasteiger partial charge on any atom is 0.317 e. The third-order valence-electron chi connectivity index (χ3n) is 7.92. The second-order valence-corrected chi connectivity index (χ2v) is 11.0. The number of H-pyrrole nitrogens is 1. The molecule has 5 rings (SSSR count). The highest BCUT2D eigenvalue weighted by Crippen LogP contribution is 2.39. The van der Waals surface area contributed by atoms with Crippen LogP contribution in [0.4, 0.5) is 4.79 Å². The van der Waals surface area contributed by atoms with Crippen LogP contribution in [0.5, 0.6) is 0 Å². The summed E-state index contributed by atoms with van der Waals surface area (Å²) >= 11 is 0. The van der Waals surface area contributed by atoms with E-state index in [1.165, 1.54) is 33.3 Å². The fourth-order valence-corrected chi connectivity index (χ4v) is 5.66. The van der Waals surface area contributed by atoms with E-state index < -0.39 is 0 Å². The fourth-order valence-electron chi connectivity index (χ4n) is 5.66. The van der Waals surface area contributed by atoms with Crippen LogP contribution >= 0.6 is 0 Å². The van der Waals surface area contributed by atoms with Gasteiger partial charge in [0.25, 0.3) is 0 Å². The molecule has 0 atom stereocenters. The Morgan fingerprint density at radius 1 is 1.19 bits per heavy atom. The molecular formula is C29H39N7O. The number of hydrogen-bond acceptors (Lipinski definition) is 4. The van der Waals surface area contributed by atoms with Gasteiger partial charge in [-0.1, -0.05) is 19.9 Å². The van der Waals surface area contributed by atoms with Crippen LogP contribution in [0, 0.1) is 13.8 Å². The molecule has 1 fully saturated rings. The van der Waals surface area contributed by atoms with Gasteiger partial charge in [-0.2, -0.15) is 5.10 Å². The highest BCUT2D eigenvalue weighted by Gasteiger charge is 2.25. The number of nitrogens with zero attached hydrogens (tertiary/aromatic N) is 5. The molecule has 4 heterocycles. The van der Waals surface area contributed by atoms with Gasteiger partial charge in [0.15, 0.2) is 5.65 Å². The molecule has 196 valence electrons. The summed E-state index contributed by atoms with van der Waals surface area (Å²) in [5, 5.41) is 8.75. The van der Waals surface area contributed by atoms with Gasteiger partial charge in [-0.3, -0.25) is 0 Å². The zero-order valence-corrected chi connectivity index (χ0v) is 22.9. The van der Waals surface area contributed by atoms with Crippen molar-refractivity contribution in [3.05, 3.63) is 53.0 Å². The number of aryl methyl sites for hydroxylation is 1. The number of hydrogen-bond donors (Lipinski definition) is 2. The van der Waals surface area contributed by atoms with Crippen LogP contribution in [-0.2, 0) is 0 Å². The van der Waals surface area contributed by atoms with Crippen molar-refractivity contribution in [1.29, 1.82) is 0 Å². The largest absolute Gasteiger partial charge is 0.354 e. The zero-order valence-electron chi connectivity index (χ0n) is 22.9. The number of pyridine rings is 1. The first-order chi connectivity index (χ1) is 17.7. The van der Waals surface area contributed by atoms with Crippen molar-refractivity contribution in [2.75, 3.05) is 40.3 Å². The van der Waals surface area contributed by atoms with Crippen molar-refractivity contribution in [1.82, 2.24) is 34.7 Å². The van der Waals surface area contributed by atoms with Crippen LogP contribution in [0.2, 0.25) is 0 Å². The van der Waals surface area contributed by atoms with Crippen LogP contribution in [-0.4, -0.2) is 75.7 Å². The minimum absolute atomic E-state index is 0.0585. The molecule has 1 aliphatic heterocycles. The Labute approximate surface area is 219 Å². The van der Waals surface area contributed by atoms with Gasteiger partial charge in [-0.05, 0) is 87.0 Å². The van der Waals surface area contributed by atoms with E-state index in [-0.39, 0.29) is 6.03 Å². The lowest BCUT2D eigenvalue weighted by Crippen LogP contribution is -2.45. The molecule has 0 radical (unpaired) electrons. The van der Waals surface area contributed by atoms with Crippen molar-refractivity contribution < 1.29 is 4.79 Å². The number of likely N-dealkylation sites (N-methyl/N-ethyl adjacent to an activating group) is 1. The smallest absolute Gasteiger partial charge is 0.317 e. The van der Waals surface area contributed by atoms with Gasteiger partial charge >= 0.3 is 6.03 Å². The fraction of sp³-hybridized carbons (Fsp3) is 0.483. The van der Waals surface area contributed by atoms with Gasteiger partial charge in [-0.25, -0.2) is 14.3 Å². The first kappa shape index (κ1) is 25.3. The summed E-state index contributed by atoms with van der Waals surface area (Å²) in [4.78, 5) is 24.8. The molecule has 0 spiro atoms. The molecule has 1 aliphatic rings. The normalized spacial score (nSPS) is 15.0. The monoisotopic (exact) mass is 501 g/mol. The standard InChI is InChI=1S/C29H39N7O/c1-18(2)26-23-15-22(21-9-12-35(13-10-21)29(37)30-11-14-34(5)6)7-8-25(23)33-27(26)24-16-36-28(31-17-32-36)20(4)19(24)3/h7-8,15-18,21,33H,9-14H2,1-6H3,(H,30,37). The van der Waals surface area contributed by atoms with E-state index in [1.54, 1.807) is 6.33 Å². The second kappa shape index (κ2) is 10.2. The highest BCUT2D eigenvalue weighted by atomic mass is 16.2. The van der Waals surface area contributed by atoms with Gasteiger partial charge < -0.3 is 20.1 Å². The van der Waals surface area contributed by atoms with Crippen LogP contribution in [0.15, 0.2) is 30.7 Å². The molecule has 2 N–H and O–H groups in total. The molecule has 8 heteroatoms. The van der Waals surface area contributed by atoms with Crippen molar-refractivity contribution >= 4 is 22.6 Å². The predicted octanol–water partition coefficient (Wildman–Crippen LogP) is 5.07. The Morgan fingerprint density at radius 2 is 1.95 bits per heavy atom. The summed E-state index contributed by atoms with van der Waals surface area (Å²) in [6.45, 7) is 11.9. The van der Waals surface area contributed by atoms with E-state index in [0.717, 1.165) is 49.2 Å². The molecule has 0 bridgehead atoms. The summed E-state index contributed by atoms with van der Waals surface area (Å²) in [6, 6.07) is 6.95. The number of amides is 2. The molecular weight excluding hydrogens is 462 g/mol. The van der Waals surface area contributed by atoms with E-state index in [2.05, 4.69) is 77.4 Å². The van der Waals surface area contributed by atoms with Gasteiger partial charge in [0, 0.05) is 48.8 Å². The summed E-state index contributed by atoms with van der Waals surface area (Å²) in [5.41, 5.74) is 9.50. The van der Waals surface area contributed by atoms with Crippen molar-refractivity contribution in [2.24, 2.45) is 0 Å². The molecule has 2 amide bonds. The number of aromatic amines is 1. The lowest BCUT2D eigenvalue weighted by Gasteiger charge is -2.32. The SMILES string of the molecule is Cc1c(-c2[nH]c3ccc(C4CCN(C(=O)NCCN(C)C)CC4)cc3c2C(C)C)cn2ncnc2c1C. The molecule has 4 aromatic rings. The number of rotatable bonds is 6. The lowest BCUT2D eigenvalue weighted by atomic mass is 9.87. The Balaban J connectivity index is 1.41. The molecule has 0 unspecified atom stereocenters. The summed E-state index contributed by atoms with van der Waals surface area (Å²) in [5.74, 6) is 0.821. The molecule has 1 saturated heterocycles. The number of carbonyl (C=O) groups excluding carboxylic acids is 1. The Hall–Kier alpha value is -3.39. The average molecular weight is 502 g/mol. The summed E-state index contributed by atoms with van der Waals surface area (Å²) in [7, 11) is 4.04. The van der Waals surface area contributed by atoms with Crippen molar-refractivity contribution in [3.63, 3.8) is 0 Å². The van der Waals surface area contributed by atoms with Gasteiger partial charge in [-0.15, -0.1) is 0 Å². The number of aromatic nitrogens is 4. The summed E-state index contributed by atoms with van der Waals surface area (Å²) < 4.78 is 1.88. The van der Waals surface area contributed by atoms with Crippen LogP contribution < -0.4 is 5.32 Å². The van der Waals surface area contributed by atoms with E-state index in [1.807, 2.05) is 23.5 Å². The van der Waals surface area contributed by atoms with Crippen molar-refractivity contribution in [2.45, 2.75) is 52.4 Å². The number of likely N-dealkylation sites (tertiary alicyclic amines) is 1. The van der Waals surface area contributed by atoms with Crippen LogP contribution in [0.25, 0.3) is 27.8 Å². The maximum atomic E-state index is 12.6. The topological polar surface area (TPSA) is 81.6 Å². The first-order valence-electron chi connectivity index (χ1n) is 13.4. The number of nitrogens with one attached hydrogen (secondary N) is 2. The molecule has 1 aromatic carbocycles. The molecule has 3 aromatic heterocycles. The Bertz CT molecular complexity index is 1420. The van der Waals surface area contributed by atoms with E-state index in [4.69, 9.17) is 0 Å².